The highest BCUT2D eigenvalue weighted by Crippen LogP contribution is 2.12. The molecule has 0 radical (unpaired) electrons. The van der Waals surface area contributed by atoms with Crippen LogP contribution < -0.4 is 5.32 Å². The summed E-state index contributed by atoms with van der Waals surface area (Å²) in [6.07, 6.45) is 41.2. The van der Waals surface area contributed by atoms with Gasteiger partial charge < -0.3 is 10.4 Å². The minimum atomic E-state index is -4.35. The summed E-state index contributed by atoms with van der Waals surface area (Å²) >= 11 is 0. The van der Waals surface area contributed by atoms with Gasteiger partial charge in [-0.2, -0.15) is 8.42 Å². The zero-order valence-corrected chi connectivity index (χ0v) is 30.1. The highest BCUT2D eigenvalue weighted by Gasteiger charge is 2.24. The van der Waals surface area contributed by atoms with Crippen LogP contribution in [-0.2, 0) is 14.9 Å². The molecule has 0 aromatic carbocycles. The van der Waals surface area contributed by atoms with Crippen molar-refractivity contribution in [1.29, 1.82) is 0 Å². The maximum atomic E-state index is 12.4. The number of aliphatic hydroxyl groups is 1. The van der Waals surface area contributed by atoms with Gasteiger partial charge in [0, 0.05) is 6.42 Å². The molecule has 0 aliphatic rings. The third kappa shape index (κ3) is 33.7. The van der Waals surface area contributed by atoms with E-state index in [0.717, 1.165) is 51.4 Å². The number of aliphatic hydroxyl groups excluding tert-OH is 1. The first-order valence-electron chi connectivity index (χ1n) is 18.7. The highest BCUT2D eigenvalue weighted by atomic mass is 32.2. The van der Waals surface area contributed by atoms with Crippen LogP contribution in [0, 0.1) is 0 Å². The van der Waals surface area contributed by atoms with E-state index in [0.29, 0.717) is 6.42 Å². The number of rotatable bonds is 33. The van der Waals surface area contributed by atoms with Crippen molar-refractivity contribution in [3.05, 3.63) is 36.5 Å². The molecule has 6 nitrogen and oxygen atoms in total. The molecule has 0 aromatic heterocycles. The Balaban J connectivity index is 4.05. The Hall–Kier alpha value is -1.44. The number of unbranched alkanes of at least 4 members (excludes halogenated alkanes) is 21. The van der Waals surface area contributed by atoms with Crippen LogP contribution in [0.2, 0.25) is 0 Å². The summed E-state index contributed by atoms with van der Waals surface area (Å²) in [5.74, 6) is -1.01. The molecule has 0 bridgehead atoms. The van der Waals surface area contributed by atoms with Crippen molar-refractivity contribution < 1.29 is 22.9 Å². The predicted molar refractivity (Wildman–Crippen MR) is 193 cm³/mol. The second-order valence-corrected chi connectivity index (χ2v) is 14.3. The molecule has 0 saturated heterocycles. The van der Waals surface area contributed by atoms with Gasteiger partial charge in [0.2, 0.25) is 5.91 Å². The third-order valence-corrected chi connectivity index (χ3v) is 9.07. The van der Waals surface area contributed by atoms with Gasteiger partial charge in [0.1, 0.15) is 0 Å². The number of carbonyl (C=O) groups excluding carboxylic acids is 1. The average molecular weight is 654 g/mol. The maximum Gasteiger partial charge on any atom is 0.267 e. The van der Waals surface area contributed by atoms with Crippen LogP contribution in [0.4, 0.5) is 0 Å². The van der Waals surface area contributed by atoms with Crippen LogP contribution in [0.15, 0.2) is 36.5 Å². The quantitative estimate of drug-likeness (QED) is 0.0371. The van der Waals surface area contributed by atoms with E-state index in [4.69, 9.17) is 0 Å². The molecular formula is C38H71NO5S. The Bertz CT molecular complexity index is 852. The Labute approximate surface area is 278 Å². The number of allylic oxidation sites excluding steroid dienone is 5. The molecule has 0 rings (SSSR count). The van der Waals surface area contributed by atoms with Crippen LogP contribution >= 0.6 is 0 Å². The third-order valence-electron chi connectivity index (χ3n) is 8.29. The molecule has 0 aliphatic heterocycles. The van der Waals surface area contributed by atoms with Crippen molar-refractivity contribution in [3.63, 3.8) is 0 Å². The zero-order chi connectivity index (χ0) is 33.3. The highest BCUT2D eigenvalue weighted by molar-refractivity contribution is 7.85. The summed E-state index contributed by atoms with van der Waals surface area (Å²) in [6.45, 7) is 4.50. The zero-order valence-electron chi connectivity index (χ0n) is 29.2. The lowest BCUT2D eigenvalue weighted by Crippen LogP contribution is -2.46. The van der Waals surface area contributed by atoms with Crippen LogP contribution in [0.25, 0.3) is 0 Å². The van der Waals surface area contributed by atoms with E-state index >= 15 is 0 Å². The van der Waals surface area contributed by atoms with Crippen LogP contribution in [-0.4, -0.2) is 41.9 Å². The molecule has 7 heteroatoms. The summed E-state index contributed by atoms with van der Waals surface area (Å²) < 4.78 is 32.3. The van der Waals surface area contributed by atoms with Gasteiger partial charge in [-0.3, -0.25) is 9.35 Å². The summed E-state index contributed by atoms with van der Waals surface area (Å²) in [5.41, 5.74) is 0. The molecule has 0 aliphatic carbocycles. The number of carbonyl (C=O) groups is 1. The Morgan fingerprint density at radius 2 is 0.956 bits per heavy atom. The second kappa shape index (κ2) is 32.5. The topological polar surface area (TPSA) is 104 Å². The van der Waals surface area contributed by atoms with Crippen molar-refractivity contribution in [1.82, 2.24) is 5.32 Å². The van der Waals surface area contributed by atoms with Gasteiger partial charge >= 0.3 is 0 Å². The summed E-state index contributed by atoms with van der Waals surface area (Å²) in [7, 11) is -4.35. The first-order chi connectivity index (χ1) is 21.8. The van der Waals surface area contributed by atoms with Gasteiger partial charge in [-0.05, 0) is 57.8 Å². The number of hydrogen-bond acceptors (Lipinski definition) is 4. The van der Waals surface area contributed by atoms with E-state index in [1.165, 1.54) is 109 Å². The Morgan fingerprint density at radius 1 is 0.578 bits per heavy atom. The largest absolute Gasteiger partial charge is 0.387 e. The van der Waals surface area contributed by atoms with Gasteiger partial charge in [-0.15, -0.1) is 0 Å². The van der Waals surface area contributed by atoms with Crippen LogP contribution in [0.5, 0.6) is 0 Å². The molecule has 264 valence electrons. The predicted octanol–water partition coefficient (Wildman–Crippen LogP) is 10.6. The van der Waals surface area contributed by atoms with E-state index in [-0.39, 0.29) is 12.3 Å². The molecule has 45 heavy (non-hydrogen) atoms. The smallest absolute Gasteiger partial charge is 0.267 e. The minimum Gasteiger partial charge on any atom is -0.387 e. The molecular weight excluding hydrogens is 582 g/mol. The first-order valence-corrected chi connectivity index (χ1v) is 20.3. The van der Waals surface area contributed by atoms with Crippen molar-refractivity contribution in [2.45, 2.75) is 193 Å². The lowest BCUT2D eigenvalue weighted by atomic mass is 10.1. The number of hydrogen-bond donors (Lipinski definition) is 3. The first kappa shape index (κ1) is 43.6. The van der Waals surface area contributed by atoms with E-state index in [2.05, 4.69) is 43.5 Å². The van der Waals surface area contributed by atoms with Crippen LogP contribution in [0.1, 0.15) is 181 Å². The Kier molecular flexibility index (Phi) is 31.5. The van der Waals surface area contributed by atoms with Gasteiger partial charge in [0.15, 0.2) is 0 Å². The number of nitrogens with one attached hydrogen (secondary N) is 1. The van der Waals surface area contributed by atoms with E-state index in [1.807, 2.05) is 0 Å². The summed E-state index contributed by atoms with van der Waals surface area (Å²) in [6, 6.07) is -1.07. The van der Waals surface area contributed by atoms with Crippen molar-refractivity contribution in [3.8, 4) is 0 Å². The molecule has 0 fully saturated rings. The summed E-state index contributed by atoms with van der Waals surface area (Å²) in [4.78, 5) is 12.4. The van der Waals surface area contributed by atoms with E-state index in [9.17, 15) is 22.9 Å². The normalized spacial score (nSPS) is 13.8. The van der Waals surface area contributed by atoms with Crippen molar-refractivity contribution in [2.75, 3.05) is 5.75 Å². The Morgan fingerprint density at radius 3 is 1.40 bits per heavy atom. The second-order valence-electron chi connectivity index (χ2n) is 12.8. The molecule has 2 unspecified atom stereocenters. The molecule has 0 spiro atoms. The SMILES string of the molecule is CCCCCCCC/C=C\CCCCCCCC(=O)NC(CS(=O)(=O)O)C(O)/C=C/CC/C=C/CCCCCCCCCCC. The van der Waals surface area contributed by atoms with Gasteiger partial charge in [0.05, 0.1) is 17.9 Å². The van der Waals surface area contributed by atoms with Crippen molar-refractivity contribution >= 4 is 16.0 Å². The van der Waals surface area contributed by atoms with Gasteiger partial charge in [-0.1, -0.05) is 153 Å². The van der Waals surface area contributed by atoms with E-state index in [1.54, 1.807) is 6.08 Å². The van der Waals surface area contributed by atoms with Crippen molar-refractivity contribution in [2.24, 2.45) is 0 Å². The van der Waals surface area contributed by atoms with Gasteiger partial charge in [-0.25, -0.2) is 0 Å². The lowest BCUT2D eigenvalue weighted by molar-refractivity contribution is -0.122. The fourth-order valence-corrected chi connectivity index (χ4v) is 6.19. The molecule has 0 saturated carbocycles. The fourth-order valence-electron chi connectivity index (χ4n) is 5.46. The standard InChI is InChI=1S/C38H71NO5S/c1-3-5-7-9-11-13-15-17-19-21-23-25-27-29-31-33-37(40)36(35-45(42,43)44)39-38(41)34-32-30-28-26-24-22-20-18-16-14-12-10-8-6-4-2/h18,20,23,25,31,33,36-37,40H,3-17,19,21-22,24,26-30,32,34-35H2,1-2H3,(H,39,41)(H,42,43,44)/b20-18-,25-23+,33-31+. The van der Waals surface area contributed by atoms with E-state index < -0.39 is 28.0 Å². The maximum absolute atomic E-state index is 12.4. The summed E-state index contributed by atoms with van der Waals surface area (Å²) in [5, 5.41) is 13.2. The lowest BCUT2D eigenvalue weighted by Gasteiger charge is -2.21. The molecule has 3 N–H and O–H groups in total. The monoisotopic (exact) mass is 654 g/mol. The molecule has 2 atom stereocenters. The molecule has 0 aromatic rings. The molecule has 0 heterocycles. The molecule has 1 amide bonds. The van der Waals surface area contributed by atoms with Crippen LogP contribution in [0.3, 0.4) is 0 Å². The minimum absolute atomic E-state index is 0.278. The van der Waals surface area contributed by atoms with Gasteiger partial charge in [0.25, 0.3) is 10.1 Å². The fraction of sp³-hybridized carbons (Fsp3) is 0.816. The average Bonchev–Trinajstić information content (AvgIpc) is 3.00. The number of amides is 1.